The molecule has 0 aliphatic carbocycles. The van der Waals surface area contributed by atoms with Crippen molar-refractivity contribution in [3.05, 3.63) is 29.6 Å². The van der Waals surface area contributed by atoms with Crippen molar-refractivity contribution in [3.63, 3.8) is 0 Å². The number of hydrogen-bond donors (Lipinski definition) is 1. The molecule has 1 atom stereocenters. The van der Waals surface area contributed by atoms with Gasteiger partial charge in [0, 0.05) is 25.9 Å². The van der Waals surface area contributed by atoms with E-state index in [1.807, 2.05) is 0 Å². The Morgan fingerprint density at radius 2 is 2.26 bits per heavy atom. The molecule has 2 rings (SSSR count). The molecule has 0 aromatic heterocycles. The largest absolute Gasteiger partial charge is 0.384 e. The molecule has 1 saturated heterocycles. The average Bonchev–Trinajstić information content (AvgIpc) is 2.39. The van der Waals surface area contributed by atoms with Crippen molar-refractivity contribution in [2.24, 2.45) is 11.7 Å². The fourth-order valence-electron chi connectivity index (χ4n) is 2.80. The summed E-state index contributed by atoms with van der Waals surface area (Å²) in [6.45, 7) is 3.27. The Kier molecular flexibility index (Phi) is 5.16. The highest BCUT2D eigenvalue weighted by Crippen LogP contribution is 2.25. The first-order valence-electron chi connectivity index (χ1n) is 6.96. The van der Waals surface area contributed by atoms with E-state index in [2.05, 4.69) is 11.0 Å². The Balaban J connectivity index is 2.11. The van der Waals surface area contributed by atoms with Gasteiger partial charge >= 0.3 is 0 Å². The number of hydrogen-bond acceptors (Lipinski definition) is 3. The Bertz CT molecular complexity index is 409. The van der Waals surface area contributed by atoms with Crippen LogP contribution in [0, 0.1) is 11.7 Å². The lowest BCUT2D eigenvalue weighted by molar-refractivity contribution is 0.143. The maximum Gasteiger partial charge on any atom is 0.125 e. The van der Waals surface area contributed by atoms with E-state index in [1.165, 1.54) is 6.42 Å². The zero-order valence-electron chi connectivity index (χ0n) is 11.6. The van der Waals surface area contributed by atoms with Crippen LogP contribution in [0.3, 0.4) is 0 Å². The third-order valence-electron chi connectivity index (χ3n) is 3.66. The van der Waals surface area contributed by atoms with Gasteiger partial charge in [-0.2, -0.15) is 0 Å². The summed E-state index contributed by atoms with van der Waals surface area (Å²) in [5, 5.41) is 0. The molecule has 1 unspecified atom stereocenters. The lowest BCUT2D eigenvalue weighted by Crippen LogP contribution is -2.37. The van der Waals surface area contributed by atoms with E-state index in [1.54, 1.807) is 19.2 Å². The summed E-state index contributed by atoms with van der Waals surface area (Å²) in [5.41, 5.74) is 7.50. The Hall–Kier alpha value is -1.13. The third-order valence-corrected chi connectivity index (χ3v) is 3.66. The summed E-state index contributed by atoms with van der Waals surface area (Å²) in [5.74, 6) is 0.370. The number of halogens is 1. The molecule has 4 heteroatoms. The Morgan fingerprint density at radius 1 is 1.42 bits per heavy atom. The van der Waals surface area contributed by atoms with E-state index in [4.69, 9.17) is 10.5 Å². The first-order chi connectivity index (χ1) is 9.22. The van der Waals surface area contributed by atoms with Gasteiger partial charge in [0.25, 0.3) is 0 Å². The molecular formula is C15H23FN2O. The van der Waals surface area contributed by atoms with Gasteiger partial charge in [-0.25, -0.2) is 4.39 Å². The number of nitrogens with zero attached hydrogens (tertiary/aromatic N) is 1. The molecule has 2 N–H and O–H groups in total. The fraction of sp³-hybridized carbons (Fsp3) is 0.600. The molecule has 1 aromatic rings. The molecule has 0 amide bonds. The van der Waals surface area contributed by atoms with Gasteiger partial charge in [0.05, 0.1) is 6.61 Å². The van der Waals surface area contributed by atoms with Crippen molar-refractivity contribution in [1.82, 2.24) is 0 Å². The van der Waals surface area contributed by atoms with E-state index in [0.717, 1.165) is 43.8 Å². The fourth-order valence-corrected chi connectivity index (χ4v) is 2.80. The van der Waals surface area contributed by atoms with Crippen LogP contribution in [0.25, 0.3) is 0 Å². The van der Waals surface area contributed by atoms with Gasteiger partial charge in [0.1, 0.15) is 5.82 Å². The Morgan fingerprint density at radius 3 is 3.00 bits per heavy atom. The van der Waals surface area contributed by atoms with Crippen LogP contribution in [0.15, 0.2) is 18.2 Å². The van der Waals surface area contributed by atoms with Crippen LogP contribution in [0.5, 0.6) is 0 Å². The van der Waals surface area contributed by atoms with Crippen molar-refractivity contribution in [2.45, 2.75) is 19.3 Å². The summed E-state index contributed by atoms with van der Waals surface area (Å²) >= 11 is 0. The molecule has 1 aromatic carbocycles. The van der Waals surface area contributed by atoms with Crippen molar-refractivity contribution in [1.29, 1.82) is 0 Å². The predicted octanol–water partition coefficient (Wildman–Crippen LogP) is 2.19. The average molecular weight is 266 g/mol. The summed E-state index contributed by atoms with van der Waals surface area (Å²) in [7, 11) is 1.74. The highest BCUT2D eigenvalue weighted by molar-refractivity contribution is 5.49. The SMILES string of the molecule is COCC1CCCN(c2cc(F)cc(CCN)c2)C1. The molecule has 1 heterocycles. The number of anilines is 1. The van der Waals surface area contributed by atoms with E-state index < -0.39 is 0 Å². The molecule has 1 aliphatic rings. The molecule has 19 heavy (non-hydrogen) atoms. The van der Waals surface area contributed by atoms with Crippen molar-refractivity contribution in [2.75, 3.05) is 38.3 Å². The van der Waals surface area contributed by atoms with Crippen molar-refractivity contribution >= 4 is 5.69 Å². The highest BCUT2D eigenvalue weighted by Gasteiger charge is 2.20. The van der Waals surface area contributed by atoms with Gasteiger partial charge in [-0.05, 0) is 55.5 Å². The van der Waals surface area contributed by atoms with Gasteiger partial charge in [0.15, 0.2) is 0 Å². The minimum atomic E-state index is -0.171. The van der Waals surface area contributed by atoms with Gasteiger partial charge in [-0.1, -0.05) is 0 Å². The second kappa shape index (κ2) is 6.87. The second-order valence-electron chi connectivity index (χ2n) is 5.27. The predicted molar refractivity (Wildman–Crippen MR) is 76.0 cm³/mol. The molecule has 0 bridgehead atoms. The van der Waals surface area contributed by atoms with Crippen molar-refractivity contribution in [3.8, 4) is 0 Å². The van der Waals surface area contributed by atoms with E-state index in [-0.39, 0.29) is 5.82 Å². The molecule has 3 nitrogen and oxygen atoms in total. The molecule has 106 valence electrons. The van der Waals surface area contributed by atoms with Crippen LogP contribution in [-0.4, -0.2) is 33.4 Å². The summed E-state index contributed by atoms with van der Waals surface area (Å²) < 4.78 is 18.9. The molecule has 0 radical (unpaired) electrons. The number of rotatable bonds is 5. The summed E-state index contributed by atoms with van der Waals surface area (Å²) in [4.78, 5) is 2.26. The lowest BCUT2D eigenvalue weighted by Gasteiger charge is -2.34. The monoisotopic (exact) mass is 266 g/mol. The van der Waals surface area contributed by atoms with Gasteiger partial charge in [0.2, 0.25) is 0 Å². The van der Waals surface area contributed by atoms with Gasteiger partial charge in [-0.15, -0.1) is 0 Å². The number of ether oxygens (including phenoxy) is 1. The zero-order chi connectivity index (χ0) is 13.7. The van der Waals surface area contributed by atoms with E-state index in [0.29, 0.717) is 12.5 Å². The molecule has 1 aliphatic heterocycles. The van der Waals surface area contributed by atoms with Crippen LogP contribution in [0.2, 0.25) is 0 Å². The quantitative estimate of drug-likeness (QED) is 0.888. The summed E-state index contributed by atoms with van der Waals surface area (Å²) in [6.07, 6.45) is 3.05. The van der Waals surface area contributed by atoms with Gasteiger partial charge < -0.3 is 15.4 Å². The molecular weight excluding hydrogens is 243 g/mol. The number of methoxy groups -OCH3 is 1. The van der Waals surface area contributed by atoms with Crippen LogP contribution in [-0.2, 0) is 11.2 Å². The smallest absolute Gasteiger partial charge is 0.125 e. The normalized spacial score (nSPS) is 19.7. The van der Waals surface area contributed by atoms with Crippen LogP contribution < -0.4 is 10.6 Å². The molecule has 0 spiro atoms. The van der Waals surface area contributed by atoms with Crippen LogP contribution >= 0.6 is 0 Å². The first kappa shape index (κ1) is 14.3. The Labute approximate surface area is 114 Å². The standard InChI is InChI=1S/C15H23FN2O/c1-19-11-13-3-2-6-18(10-13)15-8-12(4-5-17)7-14(16)9-15/h7-9,13H,2-6,10-11,17H2,1H3. The zero-order valence-corrected chi connectivity index (χ0v) is 11.6. The lowest BCUT2D eigenvalue weighted by atomic mass is 9.98. The number of benzene rings is 1. The number of nitrogens with two attached hydrogens (primary N) is 1. The topological polar surface area (TPSA) is 38.5 Å². The first-order valence-corrected chi connectivity index (χ1v) is 6.96. The van der Waals surface area contributed by atoms with E-state index in [9.17, 15) is 4.39 Å². The van der Waals surface area contributed by atoms with Gasteiger partial charge in [-0.3, -0.25) is 0 Å². The highest BCUT2D eigenvalue weighted by atomic mass is 19.1. The maximum absolute atomic E-state index is 13.7. The van der Waals surface area contributed by atoms with Crippen LogP contribution in [0.1, 0.15) is 18.4 Å². The summed E-state index contributed by atoms with van der Waals surface area (Å²) in [6, 6.07) is 5.26. The maximum atomic E-state index is 13.7. The molecule has 1 fully saturated rings. The minimum Gasteiger partial charge on any atom is -0.384 e. The minimum absolute atomic E-state index is 0.171. The van der Waals surface area contributed by atoms with Crippen LogP contribution in [0.4, 0.5) is 10.1 Å². The second-order valence-corrected chi connectivity index (χ2v) is 5.27. The third kappa shape index (κ3) is 3.91. The number of piperidine rings is 1. The molecule has 0 saturated carbocycles. The van der Waals surface area contributed by atoms with E-state index >= 15 is 0 Å². The van der Waals surface area contributed by atoms with Crippen molar-refractivity contribution < 1.29 is 9.13 Å².